The van der Waals surface area contributed by atoms with Gasteiger partial charge < -0.3 is 0 Å². The fourth-order valence-electron chi connectivity index (χ4n) is 5.50. The molecule has 23 heavy (non-hydrogen) atoms. The number of benzene rings is 1. The molecule has 0 unspecified atom stereocenters. The molecule has 4 fully saturated rings. The van der Waals surface area contributed by atoms with Crippen LogP contribution in [-0.4, -0.2) is 11.6 Å². The summed E-state index contributed by atoms with van der Waals surface area (Å²) in [5.41, 5.74) is 4.66. The van der Waals surface area contributed by atoms with Crippen molar-refractivity contribution in [2.45, 2.75) is 45.4 Å². The molecule has 3 nitrogen and oxygen atoms in total. The maximum atomic E-state index is 12.3. The smallest absolute Gasteiger partial charge is 0.267 e. The molecule has 4 bridgehead atoms. The molecule has 0 heterocycles. The first kappa shape index (κ1) is 15.2. The highest BCUT2D eigenvalue weighted by Crippen LogP contribution is 2.60. The topological polar surface area (TPSA) is 41.5 Å². The molecule has 1 aromatic carbocycles. The van der Waals surface area contributed by atoms with E-state index in [0.29, 0.717) is 10.6 Å². The second-order valence-electron chi connectivity index (χ2n) is 7.85. The molecule has 4 aliphatic rings. The Morgan fingerprint density at radius 3 is 2.35 bits per heavy atom. The molecule has 0 saturated heterocycles. The molecule has 0 atom stereocenters. The highest BCUT2D eigenvalue weighted by Gasteiger charge is 2.52. The maximum absolute atomic E-state index is 12.3. The van der Waals surface area contributed by atoms with Crippen molar-refractivity contribution < 1.29 is 4.79 Å². The first-order valence-electron chi connectivity index (χ1n) is 8.65. The molecular formula is C19H23ClN2O. The Labute approximate surface area is 142 Å². The van der Waals surface area contributed by atoms with E-state index in [0.717, 1.165) is 23.5 Å². The molecule has 1 N–H and O–H groups in total. The molecule has 1 aromatic rings. The van der Waals surface area contributed by atoms with Crippen LogP contribution in [0.2, 0.25) is 5.02 Å². The number of amides is 1. The van der Waals surface area contributed by atoms with Crippen molar-refractivity contribution >= 4 is 23.2 Å². The highest BCUT2D eigenvalue weighted by atomic mass is 35.5. The largest absolute Gasteiger partial charge is 0.271 e. The van der Waals surface area contributed by atoms with Crippen molar-refractivity contribution in [3.05, 3.63) is 34.9 Å². The van der Waals surface area contributed by atoms with E-state index >= 15 is 0 Å². The molecule has 122 valence electrons. The Balaban J connectivity index is 1.49. The van der Waals surface area contributed by atoms with E-state index in [1.54, 1.807) is 24.3 Å². The fourth-order valence-corrected chi connectivity index (χ4v) is 5.69. The van der Waals surface area contributed by atoms with Crippen LogP contribution in [-0.2, 0) is 0 Å². The van der Waals surface area contributed by atoms with Gasteiger partial charge in [0.05, 0.1) is 0 Å². The number of halogens is 1. The monoisotopic (exact) mass is 330 g/mol. The summed E-state index contributed by atoms with van der Waals surface area (Å²) < 4.78 is 0. The van der Waals surface area contributed by atoms with Gasteiger partial charge in [-0.1, -0.05) is 17.7 Å². The number of nitrogens with one attached hydrogen (secondary N) is 1. The predicted octanol–water partition coefficient (Wildman–Crippen LogP) is 4.66. The molecule has 4 heteroatoms. The van der Waals surface area contributed by atoms with E-state index in [-0.39, 0.29) is 11.3 Å². The van der Waals surface area contributed by atoms with Crippen LogP contribution in [0.15, 0.2) is 29.4 Å². The Morgan fingerprint density at radius 1 is 1.17 bits per heavy atom. The van der Waals surface area contributed by atoms with Gasteiger partial charge in [0, 0.05) is 21.7 Å². The van der Waals surface area contributed by atoms with Crippen LogP contribution >= 0.6 is 11.6 Å². The van der Waals surface area contributed by atoms with Gasteiger partial charge in [-0.25, -0.2) is 5.43 Å². The van der Waals surface area contributed by atoms with Crippen molar-refractivity contribution in [1.29, 1.82) is 0 Å². The Hall–Kier alpha value is -1.35. The third-order valence-corrected chi connectivity index (χ3v) is 6.45. The SMILES string of the molecule is CC(=NNC(=O)c1cccc(Cl)c1)C12CC3CC(CC(C3)C1)C2. The van der Waals surface area contributed by atoms with E-state index in [2.05, 4.69) is 17.5 Å². The van der Waals surface area contributed by atoms with Gasteiger partial charge in [-0.3, -0.25) is 4.79 Å². The summed E-state index contributed by atoms with van der Waals surface area (Å²) in [5, 5.41) is 5.06. The maximum Gasteiger partial charge on any atom is 0.271 e. The van der Waals surface area contributed by atoms with Crippen LogP contribution in [0.1, 0.15) is 55.8 Å². The molecular weight excluding hydrogens is 308 g/mol. The predicted molar refractivity (Wildman–Crippen MR) is 92.6 cm³/mol. The van der Waals surface area contributed by atoms with Crippen LogP contribution in [0.4, 0.5) is 0 Å². The lowest BCUT2D eigenvalue weighted by Crippen LogP contribution is -2.49. The third-order valence-electron chi connectivity index (χ3n) is 6.22. The van der Waals surface area contributed by atoms with Crippen molar-refractivity contribution in [3.8, 4) is 0 Å². The number of nitrogens with zero attached hydrogens (tertiary/aromatic N) is 1. The first-order chi connectivity index (χ1) is 11.0. The van der Waals surface area contributed by atoms with E-state index < -0.39 is 0 Å². The van der Waals surface area contributed by atoms with Gasteiger partial charge in [-0.2, -0.15) is 5.10 Å². The van der Waals surface area contributed by atoms with Gasteiger partial charge in [0.1, 0.15) is 0 Å². The minimum atomic E-state index is -0.184. The summed E-state index contributed by atoms with van der Waals surface area (Å²) in [6.07, 6.45) is 8.05. The lowest BCUT2D eigenvalue weighted by Gasteiger charge is -2.56. The Bertz CT molecular complexity index is 632. The second kappa shape index (κ2) is 5.62. The van der Waals surface area contributed by atoms with E-state index in [9.17, 15) is 4.79 Å². The number of carbonyl (C=O) groups is 1. The molecule has 0 aromatic heterocycles. The fraction of sp³-hybridized carbons (Fsp3) is 0.579. The molecule has 1 amide bonds. The summed E-state index contributed by atoms with van der Waals surface area (Å²) in [6, 6.07) is 6.98. The molecule has 0 radical (unpaired) electrons. The van der Waals surface area contributed by atoms with Crippen LogP contribution in [0.25, 0.3) is 0 Å². The second-order valence-corrected chi connectivity index (χ2v) is 8.28. The number of carbonyl (C=O) groups excluding carboxylic acids is 1. The minimum absolute atomic E-state index is 0.184. The lowest BCUT2D eigenvalue weighted by atomic mass is 9.48. The number of hydrogen-bond acceptors (Lipinski definition) is 2. The minimum Gasteiger partial charge on any atom is -0.267 e. The summed E-state index contributed by atoms with van der Waals surface area (Å²) in [4.78, 5) is 12.3. The van der Waals surface area contributed by atoms with Crippen molar-refractivity contribution in [1.82, 2.24) is 5.43 Å². The summed E-state index contributed by atoms with van der Waals surface area (Å²) >= 11 is 5.95. The van der Waals surface area contributed by atoms with Crippen LogP contribution < -0.4 is 5.43 Å². The summed E-state index contributed by atoms with van der Waals surface area (Å²) in [6.45, 7) is 2.10. The van der Waals surface area contributed by atoms with Crippen molar-refractivity contribution in [2.75, 3.05) is 0 Å². The van der Waals surface area contributed by atoms with Crippen LogP contribution in [0.3, 0.4) is 0 Å². The van der Waals surface area contributed by atoms with Gasteiger partial charge in [0.2, 0.25) is 0 Å². The Kier molecular flexibility index (Phi) is 3.72. The average molecular weight is 331 g/mol. The zero-order valence-electron chi connectivity index (χ0n) is 13.5. The normalized spacial score (nSPS) is 35.4. The van der Waals surface area contributed by atoms with Gasteiger partial charge in [-0.15, -0.1) is 0 Å². The lowest BCUT2D eigenvalue weighted by molar-refractivity contribution is -0.0128. The first-order valence-corrected chi connectivity index (χ1v) is 9.02. The molecule has 4 aliphatic carbocycles. The third kappa shape index (κ3) is 2.80. The van der Waals surface area contributed by atoms with Gasteiger partial charge >= 0.3 is 0 Å². The summed E-state index contributed by atoms with van der Waals surface area (Å²) in [5.74, 6) is 2.47. The standard InChI is InChI=1S/C19H23ClN2O/c1-12(21-22-18(23)16-3-2-4-17(20)8-16)19-9-13-5-14(10-19)7-15(6-13)11-19/h2-4,8,13-15H,5-7,9-11H2,1H3,(H,22,23). The number of hydrazone groups is 1. The van der Waals surface area contributed by atoms with Crippen molar-refractivity contribution in [3.63, 3.8) is 0 Å². The van der Waals surface area contributed by atoms with E-state index in [1.165, 1.54) is 38.5 Å². The summed E-state index contributed by atoms with van der Waals surface area (Å²) in [7, 11) is 0. The van der Waals surface area contributed by atoms with E-state index in [4.69, 9.17) is 11.6 Å². The van der Waals surface area contributed by atoms with E-state index in [1.807, 2.05) is 0 Å². The zero-order chi connectivity index (χ0) is 16.0. The molecule has 0 spiro atoms. The highest BCUT2D eigenvalue weighted by molar-refractivity contribution is 6.30. The number of rotatable bonds is 3. The molecule has 5 rings (SSSR count). The van der Waals surface area contributed by atoms with Crippen molar-refractivity contribution in [2.24, 2.45) is 28.3 Å². The van der Waals surface area contributed by atoms with Crippen LogP contribution in [0, 0.1) is 23.2 Å². The zero-order valence-corrected chi connectivity index (χ0v) is 14.3. The Morgan fingerprint density at radius 2 is 1.78 bits per heavy atom. The van der Waals surface area contributed by atoms with Gasteiger partial charge in [-0.05, 0) is 81.4 Å². The van der Waals surface area contributed by atoms with Gasteiger partial charge in [0.15, 0.2) is 0 Å². The van der Waals surface area contributed by atoms with Gasteiger partial charge in [0.25, 0.3) is 5.91 Å². The quantitative estimate of drug-likeness (QED) is 0.635. The van der Waals surface area contributed by atoms with Crippen LogP contribution in [0.5, 0.6) is 0 Å². The molecule has 0 aliphatic heterocycles. The number of hydrogen-bond donors (Lipinski definition) is 1. The average Bonchev–Trinajstić information content (AvgIpc) is 2.51. The molecule has 4 saturated carbocycles.